The van der Waals surface area contributed by atoms with E-state index >= 15 is 0 Å². The van der Waals surface area contributed by atoms with E-state index in [0.717, 1.165) is 6.92 Å². The van der Waals surface area contributed by atoms with Crippen LogP contribution in [0.5, 0.6) is 5.75 Å². The molecule has 5 atom stereocenters. The summed E-state index contributed by atoms with van der Waals surface area (Å²) in [4.78, 5) is 71.3. The summed E-state index contributed by atoms with van der Waals surface area (Å²) in [5, 5.41) is 44.2. The maximum Gasteiger partial charge on any atom is 0.326 e. The zero-order valence-electron chi connectivity index (χ0n) is 19.2. The number of nitrogens with one attached hydrogen (secondary N) is 3. The van der Waals surface area contributed by atoms with Crippen LogP contribution in [-0.4, -0.2) is 86.3 Å². The van der Waals surface area contributed by atoms with Gasteiger partial charge in [-0.2, -0.15) is 0 Å². The topological polar surface area (TPSA) is 271 Å². The summed E-state index contributed by atoms with van der Waals surface area (Å²) < 4.78 is 0. The van der Waals surface area contributed by atoms with Gasteiger partial charge < -0.3 is 47.8 Å². The molecule has 0 saturated heterocycles. The Labute approximate surface area is 204 Å². The van der Waals surface area contributed by atoms with Crippen LogP contribution >= 0.6 is 0 Å². The van der Waals surface area contributed by atoms with E-state index in [4.69, 9.17) is 16.6 Å². The molecule has 1 aromatic rings. The lowest BCUT2D eigenvalue weighted by Gasteiger charge is -2.25. The van der Waals surface area contributed by atoms with Crippen LogP contribution in [-0.2, 0) is 35.2 Å². The van der Waals surface area contributed by atoms with Crippen molar-refractivity contribution in [2.75, 3.05) is 0 Å². The van der Waals surface area contributed by atoms with Crippen LogP contribution in [0.2, 0.25) is 0 Å². The van der Waals surface area contributed by atoms with Crippen LogP contribution in [0.4, 0.5) is 0 Å². The van der Waals surface area contributed by atoms with Gasteiger partial charge >= 0.3 is 11.9 Å². The third kappa shape index (κ3) is 9.94. The van der Waals surface area contributed by atoms with Crippen LogP contribution in [0, 0.1) is 0 Å². The van der Waals surface area contributed by atoms with Crippen molar-refractivity contribution in [1.82, 2.24) is 16.0 Å². The fourth-order valence-electron chi connectivity index (χ4n) is 2.96. The summed E-state index contributed by atoms with van der Waals surface area (Å²) in [6.07, 6.45) is -3.27. The number of benzene rings is 1. The predicted molar refractivity (Wildman–Crippen MR) is 121 cm³/mol. The zero-order chi connectivity index (χ0) is 27.6. The minimum atomic E-state index is -1.78. The molecule has 11 N–H and O–H groups in total. The number of carbonyl (C=O) groups is 6. The second kappa shape index (κ2) is 13.6. The highest BCUT2D eigenvalue weighted by Gasteiger charge is 2.33. The fraction of sp³-hybridized carbons (Fsp3) is 0.429. The molecule has 0 aromatic heterocycles. The van der Waals surface area contributed by atoms with Crippen molar-refractivity contribution < 1.29 is 49.2 Å². The van der Waals surface area contributed by atoms with Gasteiger partial charge in [0.25, 0.3) is 0 Å². The van der Waals surface area contributed by atoms with Gasteiger partial charge in [0, 0.05) is 6.42 Å². The maximum absolute atomic E-state index is 12.7. The molecule has 36 heavy (non-hydrogen) atoms. The molecule has 1 rings (SSSR count). The highest BCUT2D eigenvalue weighted by atomic mass is 16.4. The molecule has 0 heterocycles. The molecule has 5 unspecified atom stereocenters. The van der Waals surface area contributed by atoms with Crippen molar-refractivity contribution in [1.29, 1.82) is 0 Å². The molecule has 15 nitrogen and oxygen atoms in total. The van der Waals surface area contributed by atoms with Gasteiger partial charge in [0.1, 0.15) is 23.9 Å². The highest BCUT2D eigenvalue weighted by molar-refractivity contribution is 5.96. The number of carboxylic acid groups (broad SMARTS) is 2. The molecule has 4 amide bonds. The Morgan fingerprint density at radius 1 is 0.861 bits per heavy atom. The summed E-state index contributed by atoms with van der Waals surface area (Å²) in [5.41, 5.74) is 10.9. The summed E-state index contributed by atoms with van der Waals surface area (Å²) in [7, 11) is 0. The molecule has 0 saturated carbocycles. The molecule has 0 aliphatic carbocycles. The first-order valence-corrected chi connectivity index (χ1v) is 10.6. The second-order valence-electron chi connectivity index (χ2n) is 7.93. The fourth-order valence-corrected chi connectivity index (χ4v) is 2.96. The Kier molecular flexibility index (Phi) is 11.3. The van der Waals surface area contributed by atoms with E-state index in [1.807, 2.05) is 0 Å². The number of carboxylic acids is 2. The van der Waals surface area contributed by atoms with E-state index < -0.39 is 78.7 Å². The van der Waals surface area contributed by atoms with Crippen molar-refractivity contribution >= 4 is 35.6 Å². The first-order chi connectivity index (χ1) is 16.7. The second-order valence-corrected chi connectivity index (χ2v) is 7.93. The number of aliphatic hydroxyl groups is 1. The smallest absolute Gasteiger partial charge is 0.326 e. The van der Waals surface area contributed by atoms with Gasteiger partial charge in [0.05, 0.1) is 25.0 Å². The number of phenols is 1. The minimum Gasteiger partial charge on any atom is -0.508 e. The van der Waals surface area contributed by atoms with Crippen LogP contribution in [0.1, 0.15) is 25.3 Å². The Morgan fingerprint density at radius 2 is 1.42 bits per heavy atom. The minimum absolute atomic E-state index is 0.0609. The van der Waals surface area contributed by atoms with Gasteiger partial charge in [-0.3, -0.25) is 24.0 Å². The molecular weight excluding hydrogens is 482 g/mol. The first-order valence-electron chi connectivity index (χ1n) is 10.6. The van der Waals surface area contributed by atoms with E-state index in [2.05, 4.69) is 16.0 Å². The van der Waals surface area contributed by atoms with Gasteiger partial charge in [-0.25, -0.2) is 4.79 Å². The molecule has 0 aliphatic heterocycles. The van der Waals surface area contributed by atoms with Gasteiger partial charge in [-0.1, -0.05) is 12.1 Å². The number of hydrogen-bond acceptors (Lipinski definition) is 9. The van der Waals surface area contributed by atoms with E-state index in [0.29, 0.717) is 5.56 Å². The number of rotatable bonds is 14. The van der Waals surface area contributed by atoms with Gasteiger partial charge in [-0.15, -0.1) is 0 Å². The highest BCUT2D eigenvalue weighted by Crippen LogP contribution is 2.12. The summed E-state index contributed by atoms with van der Waals surface area (Å²) in [6.45, 7) is 1.12. The molecule has 15 heteroatoms. The molecule has 0 fully saturated rings. The SMILES string of the molecule is CC(O)C(NC(=O)C(N)CC(N)=O)C(=O)NC(CC(=O)O)C(=O)NC(Cc1ccc(O)cc1)C(=O)O. The number of amides is 4. The lowest BCUT2D eigenvalue weighted by atomic mass is 10.0. The summed E-state index contributed by atoms with van der Waals surface area (Å²) in [5.74, 6) is -7.26. The van der Waals surface area contributed by atoms with Crippen LogP contribution < -0.4 is 27.4 Å². The molecule has 0 aliphatic rings. The quantitative estimate of drug-likeness (QED) is 0.118. The van der Waals surface area contributed by atoms with Crippen LogP contribution in [0.25, 0.3) is 0 Å². The number of aliphatic hydroxyl groups excluding tert-OH is 1. The van der Waals surface area contributed by atoms with Crippen molar-refractivity contribution in [3.63, 3.8) is 0 Å². The summed E-state index contributed by atoms with van der Waals surface area (Å²) >= 11 is 0. The van der Waals surface area contributed by atoms with Crippen molar-refractivity contribution in [3.05, 3.63) is 29.8 Å². The number of phenolic OH excluding ortho intramolecular Hbond substituents is 1. The normalized spacial score (nSPS) is 14.9. The molecule has 198 valence electrons. The molecular formula is C21H29N5O10. The zero-order valence-corrected chi connectivity index (χ0v) is 19.2. The third-order valence-corrected chi connectivity index (χ3v) is 4.82. The standard InChI is InChI=1S/C21H29N5O10/c1-9(27)17(26-18(32)12(22)7-15(23)29)20(34)24-13(8-16(30)31)19(33)25-14(21(35)36)6-10-2-4-11(28)5-3-10/h2-5,9,12-14,17,27-28H,6-8,22H2,1H3,(H2,23,29)(H,24,34)(H,25,33)(H,26,32)(H,30,31)(H,35,36). The Balaban J connectivity index is 3.00. The Hall–Kier alpha value is -4.24. The Morgan fingerprint density at radius 3 is 1.89 bits per heavy atom. The van der Waals surface area contributed by atoms with E-state index in [1.165, 1.54) is 24.3 Å². The average Bonchev–Trinajstić information content (AvgIpc) is 2.76. The lowest BCUT2D eigenvalue weighted by molar-refractivity contribution is -0.143. The van der Waals surface area contributed by atoms with Crippen LogP contribution in [0.15, 0.2) is 24.3 Å². The molecule has 0 spiro atoms. The Bertz CT molecular complexity index is 982. The summed E-state index contributed by atoms with van der Waals surface area (Å²) in [6, 6.07) is -0.978. The molecule has 1 aromatic carbocycles. The number of aliphatic carboxylic acids is 2. The van der Waals surface area contributed by atoms with Gasteiger partial charge in [0.2, 0.25) is 23.6 Å². The van der Waals surface area contributed by atoms with Crippen molar-refractivity contribution in [2.24, 2.45) is 11.5 Å². The maximum atomic E-state index is 12.7. The number of hydrogen-bond donors (Lipinski definition) is 9. The third-order valence-electron chi connectivity index (χ3n) is 4.82. The number of carbonyl (C=O) groups excluding carboxylic acids is 4. The number of primary amides is 1. The van der Waals surface area contributed by atoms with Gasteiger partial charge in [0.15, 0.2) is 0 Å². The number of aromatic hydroxyl groups is 1. The first kappa shape index (κ1) is 29.8. The van der Waals surface area contributed by atoms with E-state index in [1.54, 1.807) is 0 Å². The monoisotopic (exact) mass is 511 g/mol. The van der Waals surface area contributed by atoms with E-state index in [-0.39, 0.29) is 12.2 Å². The molecule has 0 bridgehead atoms. The average molecular weight is 511 g/mol. The van der Waals surface area contributed by atoms with E-state index in [9.17, 15) is 44.1 Å². The van der Waals surface area contributed by atoms with Gasteiger partial charge in [-0.05, 0) is 24.6 Å². The molecule has 0 radical (unpaired) electrons. The largest absolute Gasteiger partial charge is 0.508 e. The predicted octanol–water partition coefficient (Wildman–Crippen LogP) is -3.47. The van der Waals surface area contributed by atoms with Crippen LogP contribution in [0.3, 0.4) is 0 Å². The van der Waals surface area contributed by atoms with Crippen molar-refractivity contribution in [3.8, 4) is 5.75 Å². The number of nitrogens with two attached hydrogens (primary N) is 2. The lowest BCUT2D eigenvalue weighted by Crippen LogP contribution is -2.60. The van der Waals surface area contributed by atoms with Crippen molar-refractivity contribution in [2.45, 2.75) is 56.5 Å².